The van der Waals surface area contributed by atoms with Crippen LogP contribution in [0, 0.1) is 0 Å². The van der Waals surface area contributed by atoms with Crippen molar-refractivity contribution < 1.29 is 28.4 Å². The van der Waals surface area contributed by atoms with Crippen LogP contribution in [0.25, 0.3) is 11.3 Å². The Balaban J connectivity index is 1.03. The molecule has 0 spiro atoms. The van der Waals surface area contributed by atoms with Crippen molar-refractivity contribution in [3.8, 4) is 45.9 Å². The van der Waals surface area contributed by atoms with Gasteiger partial charge < -0.3 is 28.4 Å². The first-order valence-corrected chi connectivity index (χ1v) is 13.0. The smallest absolute Gasteiger partial charge is 0.351 e. The van der Waals surface area contributed by atoms with Crippen molar-refractivity contribution in [2.75, 3.05) is 26.4 Å². The van der Waals surface area contributed by atoms with E-state index < -0.39 is 0 Å². The second-order valence-electron chi connectivity index (χ2n) is 9.60. The van der Waals surface area contributed by atoms with Gasteiger partial charge in [0.1, 0.15) is 32.2 Å². The zero-order valence-electron chi connectivity index (χ0n) is 21.1. The number of para-hydroxylation sites is 4. The van der Waals surface area contributed by atoms with Crippen LogP contribution in [-0.4, -0.2) is 48.2 Å². The molecule has 9 nitrogen and oxygen atoms in total. The minimum atomic E-state index is -0.339. The summed E-state index contributed by atoms with van der Waals surface area (Å²) in [6.45, 7) is 1.89. The number of ether oxygens (including phenoxy) is 6. The summed E-state index contributed by atoms with van der Waals surface area (Å²) in [5, 5.41) is 0. The standard InChI is InChI=1S/C30H26N2O7/c33-30-31-29(37-18-22-17-36-26-6-2-4-8-28(26)39-22)14-24-23-10-9-20(13-19(23)11-12-32(24)30)34-15-21-16-35-25-5-1-3-7-27(25)38-21/h1-10,13-14,21-22H,11-12,15-18H2. The summed E-state index contributed by atoms with van der Waals surface area (Å²) in [7, 11) is 0. The van der Waals surface area contributed by atoms with Crippen molar-refractivity contribution in [2.24, 2.45) is 0 Å². The van der Waals surface area contributed by atoms with Gasteiger partial charge in [0.05, 0.1) is 5.69 Å². The van der Waals surface area contributed by atoms with E-state index in [1.807, 2.05) is 72.8 Å². The molecule has 7 rings (SSSR count). The van der Waals surface area contributed by atoms with E-state index in [0.717, 1.165) is 34.1 Å². The molecule has 3 aromatic carbocycles. The van der Waals surface area contributed by atoms with E-state index in [9.17, 15) is 4.79 Å². The number of benzene rings is 3. The quantitative estimate of drug-likeness (QED) is 0.374. The van der Waals surface area contributed by atoms with E-state index in [1.165, 1.54) is 0 Å². The third-order valence-electron chi connectivity index (χ3n) is 6.93. The SMILES string of the molecule is O=c1nc(OCC2COc3ccccc3O2)cc2n1CCc1cc(OCC3COc4ccccc4O3)ccc1-2. The number of hydrogen-bond donors (Lipinski definition) is 0. The molecule has 2 unspecified atom stereocenters. The third kappa shape index (κ3) is 4.71. The summed E-state index contributed by atoms with van der Waals surface area (Å²) in [6.07, 6.45) is 0.192. The maximum absolute atomic E-state index is 12.8. The molecule has 0 saturated heterocycles. The Morgan fingerprint density at radius 3 is 2.13 bits per heavy atom. The lowest BCUT2D eigenvalue weighted by Gasteiger charge is -2.27. The van der Waals surface area contributed by atoms with Crippen LogP contribution in [-0.2, 0) is 13.0 Å². The highest BCUT2D eigenvalue weighted by Gasteiger charge is 2.24. The van der Waals surface area contributed by atoms with Crippen LogP contribution < -0.4 is 34.1 Å². The molecule has 0 N–H and O–H groups in total. The Hall–Kier alpha value is -4.66. The zero-order valence-corrected chi connectivity index (χ0v) is 21.1. The van der Waals surface area contributed by atoms with Crippen LogP contribution in [0.4, 0.5) is 0 Å². The summed E-state index contributed by atoms with van der Waals surface area (Å²) in [5.74, 6) is 3.87. The van der Waals surface area contributed by atoms with Gasteiger partial charge in [0.15, 0.2) is 35.2 Å². The van der Waals surface area contributed by atoms with Gasteiger partial charge in [-0.2, -0.15) is 4.98 Å². The van der Waals surface area contributed by atoms with Crippen LogP contribution in [0.5, 0.6) is 34.6 Å². The molecule has 39 heavy (non-hydrogen) atoms. The molecule has 0 amide bonds. The summed E-state index contributed by atoms with van der Waals surface area (Å²) >= 11 is 0. The van der Waals surface area contributed by atoms with Crippen molar-refractivity contribution in [3.63, 3.8) is 0 Å². The van der Waals surface area contributed by atoms with Crippen molar-refractivity contribution >= 4 is 0 Å². The summed E-state index contributed by atoms with van der Waals surface area (Å²) < 4.78 is 37.1. The highest BCUT2D eigenvalue weighted by Crippen LogP contribution is 2.34. The predicted octanol–water partition coefficient (Wildman–Crippen LogP) is 3.90. The van der Waals surface area contributed by atoms with Gasteiger partial charge in [-0.15, -0.1) is 0 Å². The summed E-state index contributed by atoms with van der Waals surface area (Å²) in [4.78, 5) is 16.9. The number of nitrogens with zero attached hydrogens (tertiary/aromatic N) is 2. The second-order valence-corrected chi connectivity index (χ2v) is 9.60. The Morgan fingerprint density at radius 1 is 0.795 bits per heavy atom. The number of hydrogen-bond acceptors (Lipinski definition) is 8. The Labute approximate surface area is 224 Å². The van der Waals surface area contributed by atoms with Gasteiger partial charge >= 0.3 is 5.69 Å². The molecule has 1 aromatic heterocycles. The summed E-state index contributed by atoms with van der Waals surface area (Å²) in [6, 6.07) is 22.8. The van der Waals surface area contributed by atoms with Gasteiger partial charge in [0.2, 0.25) is 5.88 Å². The number of rotatable bonds is 6. The molecular formula is C30H26N2O7. The first kappa shape index (κ1) is 23.5. The highest BCUT2D eigenvalue weighted by molar-refractivity contribution is 5.67. The lowest BCUT2D eigenvalue weighted by Crippen LogP contribution is -2.35. The van der Waals surface area contributed by atoms with E-state index >= 15 is 0 Å². The molecule has 4 aromatic rings. The largest absolute Gasteiger partial charge is 0.490 e. The van der Waals surface area contributed by atoms with Crippen molar-refractivity contribution in [3.05, 3.63) is 88.8 Å². The number of fused-ring (bicyclic) bond motifs is 5. The van der Waals surface area contributed by atoms with Crippen molar-refractivity contribution in [2.45, 2.75) is 25.2 Å². The molecule has 0 bridgehead atoms. The average molecular weight is 527 g/mol. The van der Waals surface area contributed by atoms with E-state index in [1.54, 1.807) is 4.57 Å². The van der Waals surface area contributed by atoms with E-state index in [4.69, 9.17) is 28.4 Å². The third-order valence-corrected chi connectivity index (χ3v) is 6.93. The normalized spacial score (nSPS) is 18.5. The molecule has 0 fully saturated rings. The fourth-order valence-electron chi connectivity index (χ4n) is 5.00. The van der Waals surface area contributed by atoms with Gasteiger partial charge in [-0.1, -0.05) is 24.3 Å². The Kier molecular flexibility index (Phi) is 5.96. The van der Waals surface area contributed by atoms with E-state index in [2.05, 4.69) is 4.98 Å². The van der Waals surface area contributed by atoms with Gasteiger partial charge in [-0.05, 0) is 54.4 Å². The van der Waals surface area contributed by atoms with Gasteiger partial charge in [0.25, 0.3) is 0 Å². The van der Waals surface area contributed by atoms with Gasteiger partial charge in [-0.3, -0.25) is 4.57 Å². The van der Waals surface area contributed by atoms with Crippen LogP contribution >= 0.6 is 0 Å². The lowest BCUT2D eigenvalue weighted by molar-refractivity contribution is 0.0520. The summed E-state index contributed by atoms with van der Waals surface area (Å²) in [5.41, 5.74) is 2.48. The number of aryl methyl sites for hydroxylation is 1. The minimum absolute atomic E-state index is 0.201. The van der Waals surface area contributed by atoms with Crippen LogP contribution in [0.1, 0.15) is 5.56 Å². The molecule has 2 atom stereocenters. The van der Waals surface area contributed by atoms with Crippen LogP contribution in [0.2, 0.25) is 0 Å². The maximum atomic E-state index is 12.8. The molecule has 3 aliphatic rings. The van der Waals surface area contributed by atoms with Crippen molar-refractivity contribution in [1.29, 1.82) is 0 Å². The molecule has 198 valence electrons. The Bertz CT molecular complexity index is 1580. The topological polar surface area (TPSA) is 90.3 Å². The first-order valence-electron chi connectivity index (χ1n) is 13.0. The molecule has 0 radical (unpaired) electrons. The van der Waals surface area contributed by atoms with E-state index in [-0.39, 0.29) is 30.4 Å². The fraction of sp³-hybridized carbons (Fsp3) is 0.267. The zero-order chi connectivity index (χ0) is 26.2. The Morgan fingerprint density at radius 2 is 1.44 bits per heavy atom. The average Bonchev–Trinajstić information content (AvgIpc) is 2.98. The van der Waals surface area contributed by atoms with Crippen LogP contribution in [0.3, 0.4) is 0 Å². The molecule has 3 aliphatic heterocycles. The van der Waals surface area contributed by atoms with Gasteiger partial charge in [-0.25, -0.2) is 4.79 Å². The highest BCUT2D eigenvalue weighted by atomic mass is 16.6. The predicted molar refractivity (Wildman–Crippen MR) is 141 cm³/mol. The minimum Gasteiger partial charge on any atom is -0.490 e. The van der Waals surface area contributed by atoms with Crippen LogP contribution in [0.15, 0.2) is 77.6 Å². The van der Waals surface area contributed by atoms with Gasteiger partial charge in [0, 0.05) is 18.2 Å². The first-order chi connectivity index (χ1) is 19.2. The maximum Gasteiger partial charge on any atom is 0.351 e. The molecular weight excluding hydrogens is 500 g/mol. The van der Waals surface area contributed by atoms with E-state index in [0.29, 0.717) is 44.3 Å². The lowest BCUT2D eigenvalue weighted by atomic mass is 9.97. The number of aromatic nitrogens is 2. The van der Waals surface area contributed by atoms with Crippen molar-refractivity contribution in [1.82, 2.24) is 9.55 Å². The molecule has 9 heteroatoms. The molecule has 0 aliphatic carbocycles. The molecule has 0 saturated carbocycles. The molecule has 4 heterocycles. The fourth-order valence-corrected chi connectivity index (χ4v) is 5.00. The second kappa shape index (κ2) is 9.90. The monoisotopic (exact) mass is 526 g/mol.